The number of carbonyl (C=O) groups excluding carboxylic acids is 1. The number of para-hydroxylation sites is 1. The van der Waals surface area contributed by atoms with Gasteiger partial charge in [0, 0.05) is 18.4 Å². The first-order valence-corrected chi connectivity index (χ1v) is 8.95. The molecule has 1 N–H and O–H groups in total. The third-order valence-electron chi connectivity index (χ3n) is 4.19. The van der Waals surface area contributed by atoms with Crippen molar-refractivity contribution >= 4 is 15.7 Å². The van der Waals surface area contributed by atoms with Crippen LogP contribution in [0, 0.1) is 0 Å². The number of hydrogen-bond acceptors (Lipinski definition) is 3. The van der Waals surface area contributed by atoms with E-state index >= 15 is 0 Å². The lowest BCUT2D eigenvalue weighted by atomic mass is 10.1. The summed E-state index contributed by atoms with van der Waals surface area (Å²) in [4.78, 5) is 12.6. The minimum atomic E-state index is -3.08. The zero-order valence-electron chi connectivity index (χ0n) is 12.3. The standard InChI is InChI=1S/C16H18N2O3S/c1-12-14(8-11-22(12,20)21)17-16(19)13-6-2-3-7-15(13)18-9-4-5-10-18/h2-7,9-10,12,14H,8,11H2,1H3,(H,17,19)/t12-,14-/m1/s1. The molecule has 1 saturated heterocycles. The lowest BCUT2D eigenvalue weighted by Gasteiger charge is -2.17. The highest BCUT2D eigenvalue weighted by Gasteiger charge is 2.37. The lowest BCUT2D eigenvalue weighted by molar-refractivity contribution is 0.0937. The number of carbonyl (C=O) groups is 1. The third kappa shape index (κ3) is 2.66. The third-order valence-corrected chi connectivity index (χ3v) is 6.46. The van der Waals surface area contributed by atoms with Crippen LogP contribution in [0.15, 0.2) is 48.8 Å². The molecule has 1 aliphatic rings. The van der Waals surface area contributed by atoms with E-state index in [1.165, 1.54) is 0 Å². The molecule has 2 aromatic rings. The fourth-order valence-corrected chi connectivity index (χ4v) is 4.44. The van der Waals surface area contributed by atoms with Crippen LogP contribution in [0.4, 0.5) is 0 Å². The Bertz CT molecular complexity index is 781. The van der Waals surface area contributed by atoms with Gasteiger partial charge in [-0.2, -0.15) is 0 Å². The van der Waals surface area contributed by atoms with Crippen molar-refractivity contribution in [2.45, 2.75) is 24.6 Å². The molecule has 1 aromatic carbocycles. The summed E-state index contributed by atoms with van der Waals surface area (Å²) in [5.41, 5.74) is 1.31. The molecule has 2 heterocycles. The number of nitrogens with zero attached hydrogens (tertiary/aromatic N) is 1. The molecule has 116 valence electrons. The van der Waals surface area contributed by atoms with Crippen LogP contribution in [-0.4, -0.2) is 35.9 Å². The van der Waals surface area contributed by atoms with E-state index in [1.54, 1.807) is 19.1 Å². The molecule has 0 bridgehead atoms. The topological polar surface area (TPSA) is 68.2 Å². The summed E-state index contributed by atoms with van der Waals surface area (Å²) in [5, 5.41) is 2.34. The molecule has 1 amide bonds. The van der Waals surface area contributed by atoms with Gasteiger partial charge in [-0.15, -0.1) is 0 Å². The Labute approximate surface area is 129 Å². The maximum Gasteiger partial charge on any atom is 0.253 e. The van der Waals surface area contributed by atoms with Crippen LogP contribution in [0.3, 0.4) is 0 Å². The Morgan fingerprint density at radius 2 is 1.86 bits per heavy atom. The molecule has 1 fully saturated rings. The second kappa shape index (κ2) is 5.61. The van der Waals surface area contributed by atoms with Crippen molar-refractivity contribution in [2.24, 2.45) is 0 Å². The highest BCUT2D eigenvalue weighted by atomic mass is 32.2. The predicted octanol–water partition coefficient (Wildman–Crippen LogP) is 1.78. The first kappa shape index (κ1) is 14.8. The summed E-state index contributed by atoms with van der Waals surface area (Å²) in [6, 6.07) is 10.7. The van der Waals surface area contributed by atoms with E-state index in [9.17, 15) is 13.2 Å². The van der Waals surface area contributed by atoms with Crippen LogP contribution in [-0.2, 0) is 9.84 Å². The van der Waals surface area contributed by atoms with Crippen LogP contribution in [0.5, 0.6) is 0 Å². The minimum Gasteiger partial charge on any atom is -0.348 e. The number of sulfone groups is 1. The molecule has 1 aliphatic heterocycles. The quantitative estimate of drug-likeness (QED) is 0.938. The molecule has 22 heavy (non-hydrogen) atoms. The lowest BCUT2D eigenvalue weighted by Crippen LogP contribution is -2.40. The largest absolute Gasteiger partial charge is 0.348 e. The van der Waals surface area contributed by atoms with Crippen LogP contribution in [0.2, 0.25) is 0 Å². The summed E-state index contributed by atoms with van der Waals surface area (Å²) in [6.45, 7) is 1.66. The van der Waals surface area contributed by atoms with E-state index in [2.05, 4.69) is 5.32 Å². The van der Waals surface area contributed by atoms with Crippen LogP contribution in [0.1, 0.15) is 23.7 Å². The Morgan fingerprint density at radius 1 is 1.18 bits per heavy atom. The first-order valence-electron chi connectivity index (χ1n) is 7.24. The van der Waals surface area contributed by atoms with Gasteiger partial charge >= 0.3 is 0 Å². The Hall–Kier alpha value is -2.08. The zero-order valence-corrected chi connectivity index (χ0v) is 13.1. The van der Waals surface area contributed by atoms with E-state index < -0.39 is 15.1 Å². The number of aromatic nitrogens is 1. The van der Waals surface area contributed by atoms with E-state index in [4.69, 9.17) is 0 Å². The average molecular weight is 318 g/mol. The van der Waals surface area contributed by atoms with Crippen LogP contribution in [0.25, 0.3) is 5.69 Å². The highest BCUT2D eigenvalue weighted by molar-refractivity contribution is 7.92. The second-order valence-corrected chi connectivity index (χ2v) is 8.03. The number of benzene rings is 1. The maximum absolute atomic E-state index is 12.6. The Kier molecular flexibility index (Phi) is 3.78. The van der Waals surface area contributed by atoms with Crippen LogP contribution >= 0.6 is 0 Å². The normalized spacial score (nSPS) is 23.3. The molecule has 0 spiro atoms. The van der Waals surface area contributed by atoms with Crippen molar-refractivity contribution in [3.63, 3.8) is 0 Å². The molecule has 1 aromatic heterocycles. The molecular formula is C16H18N2O3S. The zero-order chi connectivity index (χ0) is 15.7. The van der Waals surface area contributed by atoms with Gasteiger partial charge in [-0.25, -0.2) is 8.42 Å². The van der Waals surface area contributed by atoms with Gasteiger partial charge in [-0.05, 0) is 37.6 Å². The molecular weight excluding hydrogens is 300 g/mol. The minimum absolute atomic E-state index is 0.137. The highest BCUT2D eigenvalue weighted by Crippen LogP contribution is 2.21. The fraction of sp³-hybridized carbons (Fsp3) is 0.312. The van der Waals surface area contributed by atoms with Crippen molar-refractivity contribution in [3.8, 4) is 5.69 Å². The SMILES string of the molecule is C[C@@H]1[C@H](NC(=O)c2ccccc2-n2cccc2)CCS1(=O)=O. The smallest absolute Gasteiger partial charge is 0.253 e. The molecule has 6 heteroatoms. The average Bonchev–Trinajstić information content (AvgIpc) is 3.12. The number of nitrogens with one attached hydrogen (secondary N) is 1. The maximum atomic E-state index is 12.6. The van der Waals surface area contributed by atoms with Gasteiger partial charge in [0.25, 0.3) is 5.91 Å². The number of rotatable bonds is 3. The molecule has 0 radical (unpaired) electrons. The molecule has 0 unspecified atom stereocenters. The Morgan fingerprint density at radius 3 is 2.50 bits per heavy atom. The monoisotopic (exact) mass is 318 g/mol. The van der Waals surface area contributed by atoms with E-state index in [1.807, 2.05) is 41.2 Å². The summed E-state index contributed by atoms with van der Waals surface area (Å²) >= 11 is 0. The first-order chi connectivity index (χ1) is 10.5. The van der Waals surface area contributed by atoms with Gasteiger partial charge in [-0.1, -0.05) is 12.1 Å². The fourth-order valence-electron chi connectivity index (χ4n) is 2.78. The van der Waals surface area contributed by atoms with Gasteiger partial charge in [0.15, 0.2) is 9.84 Å². The van der Waals surface area contributed by atoms with Crippen molar-refractivity contribution in [3.05, 3.63) is 54.4 Å². The van der Waals surface area contributed by atoms with Gasteiger partial charge in [0.1, 0.15) is 0 Å². The molecule has 2 atom stereocenters. The summed E-state index contributed by atoms with van der Waals surface area (Å²) < 4.78 is 25.4. The van der Waals surface area contributed by atoms with Gasteiger partial charge in [-0.3, -0.25) is 4.79 Å². The van der Waals surface area contributed by atoms with Crippen molar-refractivity contribution < 1.29 is 13.2 Å². The van der Waals surface area contributed by atoms with Gasteiger partial charge < -0.3 is 9.88 Å². The van der Waals surface area contributed by atoms with E-state index in [0.29, 0.717) is 12.0 Å². The summed E-state index contributed by atoms with van der Waals surface area (Å²) in [6.07, 6.45) is 4.21. The van der Waals surface area contributed by atoms with Crippen molar-refractivity contribution in [1.29, 1.82) is 0 Å². The molecule has 5 nitrogen and oxygen atoms in total. The van der Waals surface area contributed by atoms with Gasteiger partial charge in [0.05, 0.1) is 22.3 Å². The van der Waals surface area contributed by atoms with Crippen LogP contribution < -0.4 is 5.32 Å². The molecule has 3 rings (SSSR count). The second-order valence-electron chi connectivity index (χ2n) is 5.55. The predicted molar refractivity (Wildman–Crippen MR) is 84.9 cm³/mol. The number of amides is 1. The van der Waals surface area contributed by atoms with Crippen molar-refractivity contribution in [1.82, 2.24) is 9.88 Å². The van der Waals surface area contributed by atoms with Gasteiger partial charge in [0.2, 0.25) is 0 Å². The molecule has 0 saturated carbocycles. The van der Waals surface area contributed by atoms with Crippen molar-refractivity contribution in [2.75, 3.05) is 5.75 Å². The number of hydrogen-bond donors (Lipinski definition) is 1. The van der Waals surface area contributed by atoms with E-state index in [0.717, 1.165) is 5.69 Å². The summed E-state index contributed by atoms with van der Waals surface area (Å²) in [7, 11) is -3.08. The molecule has 0 aliphatic carbocycles. The van der Waals surface area contributed by atoms with E-state index in [-0.39, 0.29) is 17.7 Å². The Balaban J connectivity index is 1.85. The summed E-state index contributed by atoms with van der Waals surface area (Å²) in [5.74, 6) is -0.100.